The highest BCUT2D eigenvalue weighted by Crippen LogP contribution is 2.24. The van der Waals surface area contributed by atoms with Crippen LogP contribution in [-0.4, -0.2) is 56.1 Å². The van der Waals surface area contributed by atoms with Gasteiger partial charge in [0.25, 0.3) is 0 Å². The molecule has 0 unspecified atom stereocenters. The van der Waals surface area contributed by atoms with Crippen LogP contribution in [0.2, 0.25) is 0 Å². The summed E-state index contributed by atoms with van der Waals surface area (Å²) in [7, 11) is -2.97. The second-order valence-corrected chi connectivity index (χ2v) is 8.65. The minimum atomic E-state index is -2.97. The van der Waals surface area contributed by atoms with E-state index < -0.39 is 10.0 Å². The molecule has 2 fully saturated rings. The molecule has 2 heterocycles. The summed E-state index contributed by atoms with van der Waals surface area (Å²) in [5, 5.41) is 0. The number of hydrogen-bond acceptors (Lipinski definition) is 3. The van der Waals surface area contributed by atoms with Gasteiger partial charge in [0.2, 0.25) is 10.0 Å². The van der Waals surface area contributed by atoms with E-state index in [1.54, 1.807) is 11.2 Å². The van der Waals surface area contributed by atoms with Crippen molar-refractivity contribution in [1.29, 1.82) is 0 Å². The van der Waals surface area contributed by atoms with Gasteiger partial charge in [-0.15, -0.1) is 0 Å². The molecule has 4 nitrogen and oxygen atoms in total. The van der Waals surface area contributed by atoms with E-state index >= 15 is 0 Å². The minimum Gasteiger partial charge on any atom is -0.303 e. The molecule has 118 valence electrons. The van der Waals surface area contributed by atoms with E-state index in [1.807, 2.05) is 0 Å². The fraction of sp³-hybridized carbons (Fsp3) is 1.00. The fourth-order valence-corrected chi connectivity index (χ4v) is 4.63. The predicted octanol–water partition coefficient (Wildman–Crippen LogP) is 2.17. The van der Waals surface area contributed by atoms with Gasteiger partial charge >= 0.3 is 0 Å². The first-order valence-corrected chi connectivity index (χ1v) is 9.86. The molecule has 0 N–H and O–H groups in total. The lowest BCUT2D eigenvalue weighted by Crippen LogP contribution is -2.43. The van der Waals surface area contributed by atoms with Crippen molar-refractivity contribution in [3.8, 4) is 0 Å². The number of likely N-dealkylation sites (tertiary alicyclic amines) is 1. The summed E-state index contributed by atoms with van der Waals surface area (Å²) in [6.07, 6.45) is 6.08. The van der Waals surface area contributed by atoms with Gasteiger partial charge in [-0.2, -0.15) is 0 Å². The maximum atomic E-state index is 11.8. The zero-order valence-electron chi connectivity index (χ0n) is 13.1. The highest BCUT2D eigenvalue weighted by molar-refractivity contribution is 7.89. The van der Waals surface area contributed by atoms with Crippen molar-refractivity contribution in [2.45, 2.75) is 46.0 Å². The monoisotopic (exact) mass is 302 g/mol. The minimum absolute atomic E-state index is 0.238. The van der Waals surface area contributed by atoms with Crippen LogP contribution in [-0.2, 0) is 10.0 Å². The Balaban J connectivity index is 1.72. The quantitative estimate of drug-likeness (QED) is 0.781. The zero-order chi connectivity index (χ0) is 14.6. The van der Waals surface area contributed by atoms with Gasteiger partial charge in [0.15, 0.2) is 0 Å². The molecule has 0 spiro atoms. The predicted molar refractivity (Wildman–Crippen MR) is 83.2 cm³/mol. The van der Waals surface area contributed by atoms with Gasteiger partial charge in [-0.05, 0) is 57.5 Å². The Labute approximate surface area is 124 Å². The van der Waals surface area contributed by atoms with Crippen LogP contribution in [0.5, 0.6) is 0 Å². The van der Waals surface area contributed by atoms with E-state index in [0.717, 1.165) is 31.8 Å². The second-order valence-electron chi connectivity index (χ2n) is 6.40. The molecule has 0 bridgehead atoms. The summed E-state index contributed by atoms with van der Waals surface area (Å²) in [5.41, 5.74) is 0. The molecule has 2 saturated heterocycles. The molecule has 2 aliphatic rings. The van der Waals surface area contributed by atoms with Gasteiger partial charge in [-0.3, -0.25) is 0 Å². The Hall–Kier alpha value is -0.130. The van der Waals surface area contributed by atoms with Crippen LogP contribution in [0.25, 0.3) is 0 Å². The molecule has 20 heavy (non-hydrogen) atoms. The Morgan fingerprint density at radius 3 is 1.95 bits per heavy atom. The first-order valence-electron chi connectivity index (χ1n) is 8.25. The van der Waals surface area contributed by atoms with Crippen molar-refractivity contribution in [3.63, 3.8) is 0 Å². The van der Waals surface area contributed by atoms with E-state index in [4.69, 9.17) is 0 Å². The van der Waals surface area contributed by atoms with Gasteiger partial charge < -0.3 is 4.90 Å². The van der Waals surface area contributed by atoms with Gasteiger partial charge in [0, 0.05) is 19.6 Å². The van der Waals surface area contributed by atoms with Gasteiger partial charge in [0.1, 0.15) is 0 Å². The molecular formula is C15H30N2O2S. The topological polar surface area (TPSA) is 40.6 Å². The van der Waals surface area contributed by atoms with Crippen LogP contribution in [0, 0.1) is 11.8 Å². The Morgan fingerprint density at radius 2 is 1.45 bits per heavy atom. The zero-order valence-corrected chi connectivity index (χ0v) is 13.9. The lowest BCUT2D eigenvalue weighted by molar-refractivity contribution is 0.136. The molecule has 5 heteroatoms. The molecule has 0 amide bonds. The van der Waals surface area contributed by atoms with Crippen LogP contribution in [0.3, 0.4) is 0 Å². The molecule has 2 aliphatic heterocycles. The second kappa shape index (κ2) is 7.23. The third-order valence-corrected chi connectivity index (χ3v) is 7.01. The van der Waals surface area contributed by atoms with Crippen LogP contribution in [0.4, 0.5) is 0 Å². The maximum Gasteiger partial charge on any atom is 0.213 e. The van der Waals surface area contributed by atoms with Gasteiger partial charge in [-0.25, -0.2) is 12.7 Å². The summed E-state index contributed by atoms with van der Waals surface area (Å²) in [6, 6.07) is 0. The average molecular weight is 302 g/mol. The lowest BCUT2D eigenvalue weighted by Gasteiger charge is -2.37. The number of nitrogens with zero attached hydrogens (tertiary/aromatic N) is 2. The largest absolute Gasteiger partial charge is 0.303 e. The number of rotatable bonds is 5. The Kier molecular flexibility index (Phi) is 5.87. The molecule has 0 atom stereocenters. The van der Waals surface area contributed by atoms with Crippen molar-refractivity contribution < 1.29 is 8.42 Å². The van der Waals surface area contributed by atoms with Crippen LogP contribution in [0.15, 0.2) is 0 Å². The average Bonchev–Trinajstić information content (AvgIpc) is 2.48. The molecular weight excluding hydrogens is 272 g/mol. The van der Waals surface area contributed by atoms with Crippen LogP contribution >= 0.6 is 0 Å². The van der Waals surface area contributed by atoms with E-state index in [1.165, 1.54) is 38.9 Å². The van der Waals surface area contributed by atoms with Gasteiger partial charge in [0.05, 0.1) is 5.75 Å². The number of sulfonamides is 1. The smallest absolute Gasteiger partial charge is 0.213 e. The maximum absolute atomic E-state index is 11.8. The summed E-state index contributed by atoms with van der Waals surface area (Å²) in [5.74, 6) is 1.86. The summed E-state index contributed by atoms with van der Waals surface area (Å²) in [4.78, 5) is 2.60. The number of hydrogen-bond donors (Lipinski definition) is 0. The van der Waals surface area contributed by atoms with Crippen molar-refractivity contribution >= 4 is 10.0 Å². The molecule has 0 aromatic carbocycles. The normalized spacial score (nSPS) is 25.1. The molecule has 0 aromatic heterocycles. The number of piperidine rings is 2. The van der Waals surface area contributed by atoms with E-state index in [0.29, 0.717) is 5.92 Å². The van der Waals surface area contributed by atoms with Crippen molar-refractivity contribution in [1.82, 2.24) is 9.21 Å². The van der Waals surface area contributed by atoms with Crippen molar-refractivity contribution in [3.05, 3.63) is 0 Å². The van der Waals surface area contributed by atoms with Gasteiger partial charge in [-0.1, -0.05) is 13.3 Å². The highest BCUT2D eigenvalue weighted by atomic mass is 32.2. The third kappa shape index (κ3) is 4.18. The first kappa shape index (κ1) is 16.2. The van der Waals surface area contributed by atoms with E-state index in [2.05, 4.69) is 11.8 Å². The van der Waals surface area contributed by atoms with Crippen molar-refractivity contribution in [2.75, 3.05) is 38.5 Å². The summed E-state index contributed by atoms with van der Waals surface area (Å²) in [6.45, 7) is 9.15. The first-order chi connectivity index (χ1) is 9.55. The fourth-order valence-electron chi connectivity index (χ4n) is 3.50. The van der Waals surface area contributed by atoms with Crippen LogP contribution in [0.1, 0.15) is 46.0 Å². The van der Waals surface area contributed by atoms with E-state index in [9.17, 15) is 8.42 Å². The Morgan fingerprint density at radius 1 is 0.900 bits per heavy atom. The summed E-state index contributed by atoms with van der Waals surface area (Å²) >= 11 is 0. The SMILES string of the molecule is CCC1CCN(CC2CCN(S(=O)(=O)CC)CC2)CC1. The molecule has 0 radical (unpaired) electrons. The molecule has 2 rings (SSSR count). The third-order valence-electron chi connectivity index (χ3n) is 5.13. The highest BCUT2D eigenvalue weighted by Gasteiger charge is 2.28. The molecule has 0 aromatic rings. The van der Waals surface area contributed by atoms with Crippen molar-refractivity contribution in [2.24, 2.45) is 11.8 Å². The Bertz CT molecular complexity index is 381. The molecule has 0 saturated carbocycles. The van der Waals surface area contributed by atoms with Crippen LogP contribution < -0.4 is 0 Å². The standard InChI is InChI=1S/C15H30N2O2S/c1-3-14-5-9-16(10-6-14)13-15-7-11-17(12-8-15)20(18,19)4-2/h14-15H,3-13H2,1-2H3. The lowest BCUT2D eigenvalue weighted by atomic mass is 9.92. The molecule has 0 aliphatic carbocycles. The van der Waals surface area contributed by atoms with E-state index in [-0.39, 0.29) is 5.75 Å². The summed E-state index contributed by atoms with van der Waals surface area (Å²) < 4.78 is 25.4.